The Bertz CT molecular complexity index is 1050. The highest BCUT2D eigenvalue weighted by molar-refractivity contribution is 6.02. The number of ether oxygens (including phenoxy) is 1. The van der Waals surface area contributed by atoms with Gasteiger partial charge in [-0.3, -0.25) is 4.79 Å². The van der Waals surface area contributed by atoms with Crippen molar-refractivity contribution >= 4 is 34.5 Å². The fourth-order valence-electron chi connectivity index (χ4n) is 3.86. The summed E-state index contributed by atoms with van der Waals surface area (Å²) in [6.45, 7) is 11.9. The summed E-state index contributed by atoms with van der Waals surface area (Å²) in [4.78, 5) is 21.2. The van der Waals surface area contributed by atoms with Crippen LogP contribution in [0.1, 0.15) is 12.5 Å². The molecular weight excluding hydrogens is 418 g/mol. The fraction of sp³-hybridized carbons (Fsp3) is 0.375. The van der Waals surface area contributed by atoms with E-state index in [4.69, 9.17) is 4.74 Å². The summed E-state index contributed by atoms with van der Waals surface area (Å²) in [5.41, 5.74) is 3.56. The van der Waals surface area contributed by atoms with Gasteiger partial charge in [0.2, 0.25) is 5.91 Å². The average Bonchev–Trinajstić information content (AvgIpc) is 2.82. The van der Waals surface area contributed by atoms with Crippen LogP contribution in [0.5, 0.6) is 0 Å². The highest BCUT2D eigenvalue weighted by atomic mass is 16.5. The van der Waals surface area contributed by atoms with Gasteiger partial charge >= 0.3 is 0 Å². The average molecular weight is 448 g/mol. The number of rotatable bonds is 8. The van der Waals surface area contributed by atoms with Crippen LogP contribution in [0, 0.1) is 11.3 Å². The van der Waals surface area contributed by atoms with E-state index in [-0.39, 0.29) is 11.9 Å². The number of nitriles is 1. The number of nitrogens with zero attached hydrogens (tertiary/aromatic N) is 4. The van der Waals surface area contributed by atoms with E-state index in [0.29, 0.717) is 41.7 Å². The third kappa shape index (κ3) is 5.42. The number of anilines is 5. The largest absolute Gasteiger partial charge is 0.377 e. The van der Waals surface area contributed by atoms with Crippen LogP contribution in [0.3, 0.4) is 0 Å². The van der Waals surface area contributed by atoms with Gasteiger partial charge in [0, 0.05) is 44.1 Å². The zero-order valence-electron chi connectivity index (χ0n) is 18.8. The van der Waals surface area contributed by atoms with Crippen LogP contribution in [0.4, 0.5) is 28.6 Å². The van der Waals surface area contributed by atoms with Crippen LogP contribution in [-0.4, -0.2) is 67.8 Å². The first kappa shape index (κ1) is 22.6. The number of carbonyl (C=O) groups is 1. The molecule has 9 nitrogen and oxygen atoms in total. The van der Waals surface area contributed by atoms with E-state index in [1.807, 2.05) is 18.2 Å². The quantitative estimate of drug-likeness (QED) is 0.531. The Balaban J connectivity index is 1.57. The molecule has 0 unspecified atom stereocenters. The molecule has 1 aromatic carbocycles. The first-order chi connectivity index (χ1) is 16.1. The molecule has 9 heteroatoms. The Kier molecular flexibility index (Phi) is 7.07. The zero-order chi connectivity index (χ0) is 23.2. The molecule has 1 amide bonds. The fourth-order valence-corrected chi connectivity index (χ4v) is 3.86. The predicted octanol–water partition coefficient (Wildman–Crippen LogP) is 2.77. The van der Waals surface area contributed by atoms with Crippen molar-refractivity contribution < 1.29 is 9.53 Å². The van der Waals surface area contributed by atoms with Gasteiger partial charge in [-0.1, -0.05) is 13.5 Å². The normalized spacial score (nSPS) is 16.4. The van der Waals surface area contributed by atoms with Crippen molar-refractivity contribution in [2.24, 2.45) is 0 Å². The summed E-state index contributed by atoms with van der Waals surface area (Å²) >= 11 is 0. The van der Waals surface area contributed by atoms with Gasteiger partial charge in [-0.2, -0.15) is 5.26 Å². The monoisotopic (exact) mass is 447 g/mol. The number of aromatic nitrogens is 1. The van der Waals surface area contributed by atoms with Crippen molar-refractivity contribution in [3.05, 3.63) is 48.7 Å². The maximum absolute atomic E-state index is 12.1. The second kappa shape index (κ2) is 10.3. The molecular formula is C24H29N7O2. The number of pyridine rings is 1. The zero-order valence-corrected chi connectivity index (χ0v) is 18.8. The second-order valence-electron chi connectivity index (χ2n) is 8.08. The molecule has 0 atom stereocenters. The smallest absolute Gasteiger partial charge is 0.247 e. The third-order valence-corrected chi connectivity index (χ3v) is 5.92. The van der Waals surface area contributed by atoms with Gasteiger partial charge in [-0.25, -0.2) is 4.98 Å². The van der Waals surface area contributed by atoms with Crippen molar-refractivity contribution in [1.29, 1.82) is 5.26 Å². The van der Waals surface area contributed by atoms with Crippen LogP contribution < -0.4 is 20.9 Å². The van der Waals surface area contributed by atoms with E-state index in [0.717, 1.165) is 38.4 Å². The highest BCUT2D eigenvalue weighted by Gasteiger charge is 2.20. The van der Waals surface area contributed by atoms with Gasteiger partial charge in [0.15, 0.2) is 0 Å². The summed E-state index contributed by atoms with van der Waals surface area (Å²) in [6.07, 6.45) is 2.78. The van der Waals surface area contributed by atoms with Crippen LogP contribution in [-0.2, 0) is 9.53 Å². The van der Waals surface area contributed by atoms with Crippen molar-refractivity contribution in [1.82, 2.24) is 9.88 Å². The Hall–Kier alpha value is -3.61. The number of hydrogen-bond donors (Lipinski definition) is 3. The number of carbonyl (C=O) groups excluding carboxylic acids is 1. The summed E-state index contributed by atoms with van der Waals surface area (Å²) in [6, 6.07) is 10.1. The minimum absolute atomic E-state index is 0.183. The molecule has 33 heavy (non-hydrogen) atoms. The molecule has 3 N–H and O–H groups in total. The molecule has 2 saturated heterocycles. The minimum Gasteiger partial charge on any atom is -0.377 e. The van der Waals surface area contributed by atoms with Crippen molar-refractivity contribution in [2.45, 2.75) is 13.0 Å². The lowest BCUT2D eigenvalue weighted by molar-refractivity contribution is -0.111. The van der Waals surface area contributed by atoms with Crippen LogP contribution in [0.2, 0.25) is 0 Å². The maximum atomic E-state index is 12.1. The Labute approximate surface area is 194 Å². The van der Waals surface area contributed by atoms with Gasteiger partial charge in [0.25, 0.3) is 0 Å². The third-order valence-electron chi connectivity index (χ3n) is 5.92. The first-order valence-electron chi connectivity index (χ1n) is 11.2. The van der Waals surface area contributed by atoms with Gasteiger partial charge in [0.1, 0.15) is 11.9 Å². The topological polar surface area (TPSA) is 106 Å². The molecule has 0 bridgehead atoms. The molecule has 0 aliphatic carbocycles. The molecule has 2 aromatic rings. The standard InChI is InChI=1S/C24H29N7O2/c1-3-24(32)29-22-11-19(31-9-7-30(4-2)8-10-31)5-6-20(22)28-23-12-21(17(13-25)14-26-23)27-18-15-33-16-18/h3,5-6,11-12,14,18H,1,4,7-10,15-16H2,2H3,(H,29,32)(H2,26,27,28). The van der Waals surface area contributed by atoms with E-state index in [9.17, 15) is 10.1 Å². The molecule has 0 radical (unpaired) electrons. The van der Waals surface area contributed by atoms with E-state index < -0.39 is 0 Å². The van der Waals surface area contributed by atoms with Crippen LogP contribution in [0.15, 0.2) is 43.1 Å². The van der Waals surface area contributed by atoms with Gasteiger partial charge in [-0.15, -0.1) is 0 Å². The molecule has 2 aliphatic rings. The molecule has 172 valence electrons. The molecule has 0 saturated carbocycles. The van der Waals surface area contributed by atoms with Gasteiger partial charge in [-0.05, 0) is 30.8 Å². The SMILES string of the molecule is C=CC(=O)Nc1cc(N2CCN(CC)CC2)ccc1Nc1cc(NC2COC2)c(C#N)cn1. The van der Waals surface area contributed by atoms with Gasteiger partial charge in [0.05, 0.1) is 41.9 Å². The lowest BCUT2D eigenvalue weighted by Crippen LogP contribution is -2.46. The number of nitrogens with one attached hydrogen (secondary N) is 3. The minimum atomic E-state index is -0.286. The summed E-state index contributed by atoms with van der Waals surface area (Å²) in [5.74, 6) is 0.279. The lowest BCUT2D eigenvalue weighted by atomic mass is 10.1. The number of benzene rings is 1. The predicted molar refractivity (Wildman–Crippen MR) is 130 cm³/mol. The van der Waals surface area contributed by atoms with Crippen molar-refractivity contribution in [2.75, 3.05) is 66.8 Å². The number of likely N-dealkylation sites (N-methyl/N-ethyl adjacent to an activating group) is 1. The number of hydrogen-bond acceptors (Lipinski definition) is 8. The van der Waals surface area contributed by atoms with E-state index in [1.54, 1.807) is 6.07 Å². The van der Waals surface area contributed by atoms with Crippen LogP contribution >= 0.6 is 0 Å². The first-order valence-corrected chi connectivity index (χ1v) is 11.2. The molecule has 0 spiro atoms. The Morgan fingerprint density at radius 3 is 2.67 bits per heavy atom. The molecule has 1 aromatic heterocycles. The van der Waals surface area contributed by atoms with Crippen molar-refractivity contribution in [3.63, 3.8) is 0 Å². The number of amides is 1. The van der Waals surface area contributed by atoms with E-state index in [1.165, 1.54) is 12.3 Å². The molecule has 4 rings (SSSR count). The van der Waals surface area contributed by atoms with Gasteiger partial charge < -0.3 is 30.5 Å². The van der Waals surface area contributed by atoms with E-state index in [2.05, 4.69) is 50.3 Å². The lowest BCUT2D eigenvalue weighted by Gasteiger charge is -2.35. The van der Waals surface area contributed by atoms with Crippen LogP contribution in [0.25, 0.3) is 0 Å². The Morgan fingerprint density at radius 1 is 1.24 bits per heavy atom. The highest BCUT2D eigenvalue weighted by Crippen LogP contribution is 2.32. The summed E-state index contributed by atoms with van der Waals surface area (Å²) in [7, 11) is 0. The molecule has 2 fully saturated rings. The molecule has 3 heterocycles. The molecule has 2 aliphatic heterocycles. The number of piperazine rings is 1. The Morgan fingerprint density at radius 2 is 2.03 bits per heavy atom. The van der Waals surface area contributed by atoms with Crippen molar-refractivity contribution in [3.8, 4) is 6.07 Å². The summed E-state index contributed by atoms with van der Waals surface area (Å²) in [5, 5.41) is 18.9. The second-order valence-corrected chi connectivity index (χ2v) is 8.08. The maximum Gasteiger partial charge on any atom is 0.247 e. The summed E-state index contributed by atoms with van der Waals surface area (Å²) < 4.78 is 5.21. The van der Waals surface area contributed by atoms with E-state index >= 15 is 0 Å².